The average molecular weight is 438 g/mol. The third kappa shape index (κ3) is 3.39. The topological polar surface area (TPSA) is 87.3 Å². The molecular weight excluding hydrogens is 418 g/mol. The zero-order valence-corrected chi connectivity index (χ0v) is 17.2. The summed E-state index contributed by atoms with van der Waals surface area (Å²) >= 11 is 0. The maximum atomic E-state index is 14.8. The molecule has 3 aromatic rings. The first-order valence-electron chi connectivity index (χ1n) is 10.2. The Balaban J connectivity index is 1.39. The van der Waals surface area contributed by atoms with Crippen LogP contribution in [0.4, 0.5) is 19.3 Å². The van der Waals surface area contributed by atoms with E-state index in [1.165, 1.54) is 13.3 Å². The summed E-state index contributed by atoms with van der Waals surface area (Å²) in [6, 6.07) is 5.92. The van der Waals surface area contributed by atoms with Gasteiger partial charge in [0, 0.05) is 47.8 Å². The maximum absolute atomic E-state index is 14.8. The third-order valence-electron chi connectivity index (χ3n) is 6.15. The molecule has 0 saturated carbocycles. The number of carbonyl (C=O) groups is 1. The van der Waals surface area contributed by atoms with Gasteiger partial charge in [-0.05, 0) is 42.5 Å². The van der Waals surface area contributed by atoms with Gasteiger partial charge < -0.3 is 19.9 Å². The fraction of sp³-hybridized carbons (Fsp3) is 0.261. The molecule has 0 radical (unpaired) electrons. The quantitative estimate of drug-likeness (QED) is 0.647. The minimum atomic E-state index is -0.750. The molecule has 2 atom stereocenters. The number of benzene rings is 1. The number of hydrogen-bond acceptors (Lipinski definition) is 4. The molecule has 9 heteroatoms. The van der Waals surface area contributed by atoms with Gasteiger partial charge in [0.05, 0.1) is 18.8 Å². The van der Waals surface area contributed by atoms with Crippen LogP contribution in [-0.2, 0) is 6.42 Å². The van der Waals surface area contributed by atoms with Crippen LogP contribution >= 0.6 is 0 Å². The number of fused-ring (bicyclic) bond motifs is 4. The molecule has 7 nitrogen and oxygen atoms in total. The number of aromatic nitrogens is 2. The Hall–Kier alpha value is -3.75. The number of anilines is 1. The number of methoxy groups -OCH3 is 1. The van der Waals surface area contributed by atoms with Crippen molar-refractivity contribution in [3.63, 3.8) is 0 Å². The minimum absolute atomic E-state index is 0.0339. The number of amides is 2. The second-order valence-corrected chi connectivity index (χ2v) is 7.97. The second-order valence-electron chi connectivity index (χ2n) is 7.97. The van der Waals surface area contributed by atoms with E-state index >= 15 is 0 Å². The number of ether oxygens (including phenoxy) is 1. The summed E-state index contributed by atoms with van der Waals surface area (Å²) in [7, 11) is 1.46. The smallest absolute Gasteiger partial charge is 0.322 e. The number of urea groups is 1. The average Bonchev–Trinajstić information content (AvgIpc) is 3.11. The Morgan fingerprint density at radius 1 is 1.22 bits per heavy atom. The van der Waals surface area contributed by atoms with Crippen molar-refractivity contribution in [2.75, 3.05) is 12.4 Å². The van der Waals surface area contributed by atoms with E-state index in [-0.39, 0.29) is 28.9 Å². The van der Waals surface area contributed by atoms with Crippen molar-refractivity contribution in [1.29, 1.82) is 0 Å². The van der Waals surface area contributed by atoms with Gasteiger partial charge in [-0.15, -0.1) is 0 Å². The van der Waals surface area contributed by atoms with Crippen molar-refractivity contribution in [2.45, 2.75) is 31.3 Å². The van der Waals surface area contributed by atoms with Crippen molar-refractivity contribution in [3.05, 3.63) is 75.8 Å². The van der Waals surface area contributed by atoms with Crippen LogP contribution in [0, 0.1) is 11.6 Å². The van der Waals surface area contributed by atoms with Crippen LogP contribution in [0.5, 0.6) is 5.88 Å². The molecule has 2 aromatic heterocycles. The molecule has 2 amide bonds. The van der Waals surface area contributed by atoms with Crippen LogP contribution < -0.4 is 15.6 Å². The summed E-state index contributed by atoms with van der Waals surface area (Å²) in [5.41, 5.74) is 1.84. The summed E-state index contributed by atoms with van der Waals surface area (Å²) in [4.78, 5) is 33.0. The summed E-state index contributed by atoms with van der Waals surface area (Å²) in [6.07, 6.45) is 5.12. The van der Waals surface area contributed by atoms with Crippen molar-refractivity contribution in [3.8, 4) is 17.0 Å². The van der Waals surface area contributed by atoms with Gasteiger partial charge in [-0.25, -0.2) is 18.6 Å². The number of pyridine rings is 2. The van der Waals surface area contributed by atoms with Gasteiger partial charge in [-0.3, -0.25) is 4.79 Å². The number of nitrogens with zero attached hydrogens (tertiary/aromatic N) is 2. The Kier molecular flexibility index (Phi) is 4.88. The first-order chi connectivity index (χ1) is 15.4. The predicted octanol–water partition coefficient (Wildman–Crippen LogP) is 4.02. The van der Waals surface area contributed by atoms with Gasteiger partial charge in [0.1, 0.15) is 11.6 Å². The van der Waals surface area contributed by atoms with E-state index in [2.05, 4.69) is 15.3 Å². The number of hydrogen-bond donors (Lipinski definition) is 2. The largest absolute Gasteiger partial charge is 0.481 e. The molecule has 2 N–H and O–H groups in total. The molecule has 0 unspecified atom stereocenters. The second kappa shape index (κ2) is 7.74. The van der Waals surface area contributed by atoms with Gasteiger partial charge in [0.2, 0.25) is 11.4 Å². The van der Waals surface area contributed by atoms with E-state index in [0.29, 0.717) is 17.9 Å². The first kappa shape index (κ1) is 20.2. The molecule has 1 saturated heterocycles. The minimum Gasteiger partial charge on any atom is -0.481 e. The zero-order valence-electron chi connectivity index (χ0n) is 17.2. The molecule has 32 heavy (non-hydrogen) atoms. The molecule has 5 rings (SSSR count). The van der Waals surface area contributed by atoms with E-state index in [1.807, 2.05) is 0 Å². The zero-order chi connectivity index (χ0) is 22.4. The molecule has 0 aliphatic carbocycles. The lowest BCUT2D eigenvalue weighted by atomic mass is 9.95. The van der Waals surface area contributed by atoms with Crippen molar-refractivity contribution in [1.82, 2.24) is 14.9 Å². The lowest BCUT2D eigenvalue weighted by Gasteiger charge is -2.36. The van der Waals surface area contributed by atoms with E-state index < -0.39 is 17.7 Å². The first-order valence-corrected chi connectivity index (χ1v) is 10.2. The fourth-order valence-electron chi connectivity index (χ4n) is 4.67. The van der Waals surface area contributed by atoms with E-state index in [4.69, 9.17) is 4.74 Å². The molecule has 2 bridgehead atoms. The van der Waals surface area contributed by atoms with Crippen LogP contribution in [0.2, 0.25) is 0 Å². The molecular formula is C23H20F2N4O3. The number of aromatic amines is 1. The van der Waals surface area contributed by atoms with Crippen LogP contribution in [-0.4, -0.2) is 34.1 Å². The highest BCUT2D eigenvalue weighted by Crippen LogP contribution is 2.43. The Morgan fingerprint density at radius 2 is 2.06 bits per heavy atom. The SMILES string of the molecule is COc1ccc(-c2cc(F)c(NC(=O)N3[C@H]4CC[C@@H]3c3c[nH]c(=O)cc3C4)cc2F)cn1. The highest BCUT2D eigenvalue weighted by molar-refractivity contribution is 5.91. The molecule has 0 spiro atoms. The van der Waals surface area contributed by atoms with E-state index in [0.717, 1.165) is 36.1 Å². The van der Waals surface area contributed by atoms with Gasteiger partial charge in [-0.1, -0.05) is 0 Å². The number of nitrogens with one attached hydrogen (secondary N) is 2. The standard InChI is InChI=1S/C23H20F2N4O3/c1-32-22-5-2-12(10-27-22)15-8-18(25)19(9-17(15)24)28-23(31)29-14-3-4-20(29)16-11-26-21(30)7-13(16)6-14/h2,5,7-11,14,20H,3-4,6H2,1H3,(H,26,30)(H,28,31)/t14-,20+/m0/s1. The van der Waals surface area contributed by atoms with Crippen molar-refractivity contribution in [2.24, 2.45) is 0 Å². The summed E-state index contributed by atoms with van der Waals surface area (Å²) in [5, 5.41) is 2.53. The molecule has 4 heterocycles. The van der Waals surface area contributed by atoms with Crippen LogP contribution in [0.25, 0.3) is 11.1 Å². The monoisotopic (exact) mass is 438 g/mol. The summed E-state index contributed by atoms with van der Waals surface area (Å²) in [5.74, 6) is -1.07. The van der Waals surface area contributed by atoms with Crippen LogP contribution in [0.3, 0.4) is 0 Å². The Labute approximate surface area is 182 Å². The number of halogens is 2. The number of carbonyl (C=O) groups excluding carboxylic acids is 1. The highest BCUT2D eigenvalue weighted by atomic mass is 19.1. The van der Waals surface area contributed by atoms with Gasteiger partial charge >= 0.3 is 6.03 Å². The molecule has 164 valence electrons. The van der Waals surface area contributed by atoms with E-state index in [1.54, 1.807) is 29.3 Å². The van der Waals surface area contributed by atoms with Gasteiger partial charge in [0.15, 0.2) is 0 Å². The Morgan fingerprint density at radius 3 is 2.81 bits per heavy atom. The summed E-state index contributed by atoms with van der Waals surface area (Å²) < 4.78 is 34.5. The lowest BCUT2D eigenvalue weighted by molar-refractivity contribution is 0.179. The predicted molar refractivity (Wildman–Crippen MR) is 114 cm³/mol. The molecule has 1 aromatic carbocycles. The normalized spacial score (nSPS) is 18.9. The summed E-state index contributed by atoms with van der Waals surface area (Å²) in [6.45, 7) is 0. The number of rotatable bonds is 3. The number of H-pyrrole nitrogens is 1. The van der Waals surface area contributed by atoms with Crippen molar-refractivity contribution >= 4 is 11.7 Å². The molecule has 2 aliphatic heterocycles. The lowest BCUT2D eigenvalue weighted by Crippen LogP contribution is -2.44. The van der Waals surface area contributed by atoms with E-state index in [9.17, 15) is 18.4 Å². The van der Waals surface area contributed by atoms with Gasteiger partial charge in [0.25, 0.3) is 0 Å². The third-order valence-corrected chi connectivity index (χ3v) is 6.15. The van der Waals surface area contributed by atoms with Crippen LogP contribution in [0.1, 0.15) is 30.0 Å². The molecule has 1 fully saturated rings. The van der Waals surface area contributed by atoms with Gasteiger partial charge in [-0.2, -0.15) is 0 Å². The molecule has 2 aliphatic rings. The van der Waals surface area contributed by atoms with Crippen molar-refractivity contribution < 1.29 is 18.3 Å². The maximum Gasteiger partial charge on any atom is 0.322 e. The Bertz CT molecular complexity index is 1260. The van der Waals surface area contributed by atoms with Crippen LogP contribution in [0.15, 0.2) is 47.5 Å². The highest BCUT2D eigenvalue weighted by Gasteiger charge is 2.43. The fourth-order valence-corrected chi connectivity index (χ4v) is 4.67.